The standard InChI is InChI=1S/C44H40N10O8/c1-22(27-17-26-5-3-4-6-34(26)49-20-27)50-43(61)53-38(42(59)60)32(40(53)56)14-25-10-12-48-36(16-25)52-29-7-8-30-28(18-29)19-46-21-33(30)23(2)51-44(62)54-37(41(57)58)31(39(54)55)13-24-9-11-47-35(45)15-24/h3-12,15-23,31-32,37-38H,13-14H2,1-2H3,(H2,45,47)(H,48,52)(H,50,61)(H,51,62)(H,57,58)(H,59,60)/t22?,23?,31-,32-,37+,38+/m1/s1. The molecule has 0 aliphatic carbocycles. The summed E-state index contributed by atoms with van der Waals surface area (Å²) in [4.78, 5) is 96.1. The number of β-lactam (4-membered cyclic amide) rings is 2. The Morgan fingerprint density at radius 1 is 0.710 bits per heavy atom. The van der Waals surface area contributed by atoms with Gasteiger partial charge in [-0.1, -0.05) is 24.3 Å². The highest BCUT2D eigenvalue weighted by molar-refractivity contribution is 6.08. The van der Waals surface area contributed by atoms with Gasteiger partial charge in [0.05, 0.1) is 29.4 Å². The zero-order chi connectivity index (χ0) is 43.8. The quantitative estimate of drug-likeness (QED) is 0.0910. The average molecular weight is 837 g/mol. The van der Waals surface area contributed by atoms with Crippen molar-refractivity contribution in [3.05, 3.63) is 126 Å². The van der Waals surface area contributed by atoms with Crippen molar-refractivity contribution in [3.8, 4) is 0 Å². The number of para-hydroxylation sites is 1. The molecule has 2 aromatic carbocycles. The SMILES string of the molecule is CC(NC(=O)N1C(=O)[C@H](Cc2ccnc(Nc3ccc4c(C(C)NC(=O)N5C(=O)[C@H](Cc6ccnc(N)c6)[C@H]5C(=O)O)cncc4c3)c2)[C@H]1C(=O)O)c1cnc2ccccc2c1. The van der Waals surface area contributed by atoms with Crippen LogP contribution in [0, 0.1) is 11.8 Å². The molecule has 18 heteroatoms. The fraction of sp³-hybridized carbons (Fsp3) is 0.227. The van der Waals surface area contributed by atoms with Crippen molar-refractivity contribution in [3.63, 3.8) is 0 Å². The van der Waals surface area contributed by atoms with Crippen LogP contribution >= 0.6 is 0 Å². The Morgan fingerprint density at radius 3 is 2.00 bits per heavy atom. The molecule has 6 amide bonds. The third kappa shape index (κ3) is 7.87. The van der Waals surface area contributed by atoms with E-state index in [4.69, 9.17) is 5.73 Å². The molecule has 18 nitrogen and oxygen atoms in total. The van der Waals surface area contributed by atoms with Crippen molar-refractivity contribution in [2.45, 2.75) is 50.9 Å². The Hall–Kier alpha value is -8.02. The number of nitrogen functional groups attached to an aromatic ring is 1. The summed E-state index contributed by atoms with van der Waals surface area (Å²) in [6.45, 7) is 3.43. The Balaban J connectivity index is 0.901. The topological polar surface area (TPSA) is 263 Å². The van der Waals surface area contributed by atoms with Gasteiger partial charge in [-0.15, -0.1) is 0 Å². The van der Waals surface area contributed by atoms with E-state index in [2.05, 4.69) is 35.9 Å². The molecule has 4 aromatic heterocycles. The summed E-state index contributed by atoms with van der Waals surface area (Å²) in [7, 11) is 0. The lowest BCUT2D eigenvalue weighted by atomic mass is 9.82. The van der Waals surface area contributed by atoms with Gasteiger partial charge in [0, 0.05) is 53.0 Å². The summed E-state index contributed by atoms with van der Waals surface area (Å²) in [5.74, 6) is -5.12. The number of hydrogen-bond donors (Lipinski definition) is 6. The van der Waals surface area contributed by atoms with Gasteiger partial charge in [0.25, 0.3) is 0 Å². The Morgan fingerprint density at radius 2 is 1.34 bits per heavy atom. The third-order valence-corrected chi connectivity index (χ3v) is 11.3. The van der Waals surface area contributed by atoms with Crippen molar-refractivity contribution in [1.29, 1.82) is 0 Å². The second-order valence-corrected chi connectivity index (χ2v) is 15.3. The maximum absolute atomic E-state index is 13.3. The van der Waals surface area contributed by atoms with E-state index in [0.717, 1.165) is 26.1 Å². The number of aliphatic carboxylic acids is 2. The van der Waals surface area contributed by atoms with Crippen molar-refractivity contribution in [2.24, 2.45) is 11.8 Å². The molecule has 2 unspecified atom stereocenters. The Bertz CT molecular complexity index is 2800. The Kier molecular flexibility index (Phi) is 10.9. The number of carboxylic acid groups (broad SMARTS) is 2. The fourth-order valence-corrected chi connectivity index (χ4v) is 8.08. The number of amides is 6. The molecule has 314 valence electrons. The van der Waals surface area contributed by atoms with Gasteiger partial charge in [0.15, 0.2) is 12.1 Å². The maximum Gasteiger partial charge on any atom is 0.327 e. The van der Waals surface area contributed by atoms with E-state index >= 15 is 0 Å². The van der Waals surface area contributed by atoms with Crippen molar-refractivity contribution >= 4 is 74.8 Å². The fourth-order valence-electron chi connectivity index (χ4n) is 8.08. The van der Waals surface area contributed by atoms with Crippen LogP contribution in [-0.4, -0.2) is 87.8 Å². The summed E-state index contributed by atoms with van der Waals surface area (Å²) in [6.07, 6.45) is 7.97. The highest BCUT2D eigenvalue weighted by Crippen LogP contribution is 2.34. The van der Waals surface area contributed by atoms with E-state index in [0.29, 0.717) is 39.1 Å². The predicted molar refractivity (Wildman–Crippen MR) is 224 cm³/mol. The van der Waals surface area contributed by atoms with Crippen molar-refractivity contribution in [2.75, 3.05) is 11.1 Å². The second kappa shape index (κ2) is 16.6. The second-order valence-electron chi connectivity index (χ2n) is 15.3. The number of carboxylic acids is 2. The number of carbonyl (C=O) groups is 6. The van der Waals surface area contributed by atoms with Crippen LogP contribution in [0.15, 0.2) is 104 Å². The first kappa shape index (κ1) is 40.7. The summed E-state index contributed by atoms with van der Waals surface area (Å²) in [5, 5.41) is 31.0. The van der Waals surface area contributed by atoms with Crippen LogP contribution in [0.1, 0.15) is 48.2 Å². The van der Waals surface area contributed by atoms with Crippen LogP contribution in [0.3, 0.4) is 0 Å². The molecule has 62 heavy (non-hydrogen) atoms. The molecule has 0 saturated carbocycles. The van der Waals surface area contributed by atoms with Gasteiger partial charge in [-0.3, -0.25) is 19.6 Å². The van der Waals surface area contributed by atoms with Crippen LogP contribution in [0.2, 0.25) is 0 Å². The zero-order valence-electron chi connectivity index (χ0n) is 33.3. The van der Waals surface area contributed by atoms with E-state index in [-0.39, 0.29) is 18.7 Å². The molecule has 6 aromatic rings. The van der Waals surface area contributed by atoms with E-state index in [1.165, 1.54) is 12.4 Å². The predicted octanol–water partition coefficient (Wildman–Crippen LogP) is 4.75. The molecule has 2 fully saturated rings. The number of urea groups is 2. The smallest absolute Gasteiger partial charge is 0.327 e. The number of nitrogens with two attached hydrogens (primary N) is 1. The summed E-state index contributed by atoms with van der Waals surface area (Å²) < 4.78 is 0. The van der Waals surface area contributed by atoms with Crippen molar-refractivity contribution < 1.29 is 39.0 Å². The normalized spacial score (nSPS) is 19.3. The van der Waals surface area contributed by atoms with E-state index < -0.39 is 71.8 Å². The molecule has 6 atom stereocenters. The zero-order valence-corrected chi connectivity index (χ0v) is 33.3. The number of nitrogens with zero attached hydrogens (tertiary/aromatic N) is 6. The van der Waals surface area contributed by atoms with E-state index in [1.54, 1.807) is 62.8 Å². The minimum Gasteiger partial charge on any atom is -0.480 e. The monoisotopic (exact) mass is 836 g/mol. The minimum atomic E-state index is -1.37. The van der Waals surface area contributed by atoms with Crippen LogP contribution in [0.25, 0.3) is 21.7 Å². The molecule has 7 N–H and O–H groups in total. The van der Waals surface area contributed by atoms with Crippen molar-refractivity contribution in [1.82, 2.24) is 40.4 Å². The van der Waals surface area contributed by atoms with E-state index in [1.807, 2.05) is 42.5 Å². The third-order valence-electron chi connectivity index (χ3n) is 11.3. The number of anilines is 3. The number of fused-ring (bicyclic) bond motifs is 2. The minimum absolute atomic E-state index is 0.0479. The number of pyridine rings is 4. The number of nitrogens with one attached hydrogen (secondary N) is 3. The molecule has 2 saturated heterocycles. The summed E-state index contributed by atoms with van der Waals surface area (Å²) in [6, 6.07) is 15.7. The number of carbonyl (C=O) groups excluding carboxylic acids is 4. The average Bonchev–Trinajstić information content (AvgIpc) is 3.24. The summed E-state index contributed by atoms with van der Waals surface area (Å²) >= 11 is 0. The number of rotatable bonds is 12. The van der Waals surface area contributed by atoms with Gasteiger partial charge < -0.3 is 31.9 Å². The van der Waals surface area contributed by atoms with Gasteiger partial charge in [-0.25, -0.2) is 38.9 Å². The number of imide groups is 2. The highest BCUT2D eigenvalue weighted by atomic mass is 16.4. The molecule has 0 spiro atoms. The van der Waals surface area contributed by atoms with Crippen LogP contribution in [0.5, 0.6) is 0 Å². The molecule has 8 rings (SSSR count). The molecular weight excluding hydrogens is 797 g/mol. The Labute approximate surface area is 353 Å². The molecular formula is C44H40N10O8. The van der Waals surface area contributed by atoms with Gasteiger partial charge >= 0.3 is 24.0 Å². The first-order valence-electron chi connectivity index (χ1n) is 19.6. The van der Waals surface area contributed by atoms with Crippen LogP contribution < -0.4 is 21.7 Å². The van der Waals surface area contributed by atoms with Crippen LogP contribution in [-0.2, 0) is 32.0 Å². The number of aromatic nitrogens is 4. The first-order valence-corrected chi connectivity index (χ1v) is 19.6. The number of likely N-dealkylation sites (tertiary alicyclic amines) is 2. The van der Waals surface area contributed by atoms with E-state index in [9.17, 15) is 39.0 Å². The molecule has 2 aliphatic heterocycles. The molecule has 6 heterocycles. The molecule has 0 radical (unpaired) electrons. The largest absolute Gasteiger partial charge is 0.480 e. The molecule has 0 bridgehead atoms. The first-order chi connectivity index (χ1) is 29.8. The number of hydrogen-bond acceptors (Lipinski definition) is 12. The van der Waals surface area contributed by atoms with Gasteiger partial charge in [0.2, 0.25) is 11.8 Å². The number of benzene rings is 2. The molecule has 2 aliphatic rings. The highest BCUT2D eigenvalue weighted by Gasteiger charge is 2.56. The lowest BCUT2D eigenvalue weighted by Crippen LogP contribution is -2.68. The van der Waals surface area contributed by atoms with Crippen LogP contribution in [0.4, 0.5) is 26.9 Å². The lowest BCUT2D eigenvalue weighted by molar-refractivity contribution is -0.165. The van der Waals surface area contributed by atoms with Gasteiger partial charge in [0.1, 0.15) is 11.6 Å². The van der Waals surface area contributed by atoms with Gasteiger partial charge in [-0.2, -0.15) is 0 Å². The maximum atomic E-state index is 13.3. The lowest BCUT2D eigenvalue weighted by Gasteiger charge is -2.43. The summed E-state index contributed by atoms with van der Waals surface area (Å²) in [5.41, 5.74) is 9.72. The van der Waals surface area contributed by atoms with Gasteiger partial charge in [-0.05, 0) is 97.3 Å².